The highest BCUT2D eigenvalue weighted by Gasteiger charge is 2.09. The molecule has 0 atom stereocenters. The quantitative estimate of drug-likeness (QED) is 0.379. The first-order valence-electron chi connectivity index (χ1n) is 7.53. The van der Waals surface area contributed by atoms with E-state index in [0.29, 0.717) is 30.6 Å². The summed E-state index contributed by atoms with van der Waals surface area (Å²) < 4.78 is 15.9. The minimum atomic E-state index is 0. The maximum absolute atomic E-state index is 6.01. The topological polar surface area (TPSA) is 78.1 Å². The third kappa shape index (κ3) is 5.79. The molecule has 2 rings (SSSR count). The van der Waals surface area contributed by atoms with Crippen molar-refractivity contribution in [2.45, 2.75) is 13.2 Å². The maximum atomic E-state index is 6.01. The van der Waals surface area contributed by atoms with E-state index in [0.717, 1.165) is 16.8 Å². The summed E-state index contributed by atoms with van der Waals surface area (Å²) in [5, 5.41) is 3.11. The second-order valence-electron chi connectivity index (χ2n) is 5.07. The number of aliphatic imine (C=N–C) groups is 1. The van der Waals surface area contributed by atoms with E-state index in [1.807, 2.05) is 42.5 Å². The van der Waals surface area contributed by atoms with Crippen molar-refractivity contribution < 1.29 is 14.2 Å². The summed E-state index contributed by atoms with van der Waals surface area (Å²) in [7, 11) is 4.87. The third-order valence-electron chi connectivity index (χ3n) is 3.48. The van der Waals surface area contributed by atoms with Gasteiger partial charge in [-0.15, -0.1) is 24.0 Å². The lowest BCUT2D eigenvalue weighted by molar-refractivity contribution is 0.185. The van der Waals surface area contributed by atoms with Crippen LogP contribution in [0.1, 0.15) is 11.1 Å². The molecule has 0 aliphatic carbocycles. The van der Waals surface area contributed by atoms with Gasteiger partial charge in [-0.2, -0.15) is 0 Å². The molecule has 7 heteroatoms. The second kappa shape index (κ2) is 10.8. The standard InChI is InChI=1S/C18H23N3O3.HI/c1-22-12-14-7-4-5-9-15(14)21-18(19)20-11-13-8-6-10-16(23-2)17(13)24-3;/h4-10H,11-12H2,1-3H3,(H3,19,20,21);1H. The summed E-state index contributed by atoms with van der Waals surface area (Å²) in [6.07, 6.45) is 0. The van der Waals surface area contributed by atoms with Crippen LogP contribution in [0.4, 0.5) is 5.69 Å². The Bertz CT molecular complexity index is 708. The van der Waals surface area contributed by atoms with Crippen LogP contribution in [-0.2, 0) is 17.9 Å². The first-order valence-corrected chi connectivity index (χ1v) is 7.53. The minimum Gasteiger partial charge on any atom is -0.493 e. The number of methoxy groups -OCH3 is 3. The van der Waals surface area contributed by atoms with Crippen molar-refractivity contribution in [3.63, 3.8) is 0 Å². The lowest BCUT2D eigenvalue weighted by Crippen LogP contribution is -2.23. The number of ether oxygens (including phenoxy) is 3. The number of nitrogens with one attached hydrogen (secondary N) is 1. The number of nitrogens with zero attached hydrogens (tertiary/aromatic N) is 1. The Kier molecular flexibility index (Phi) is 9.07. The summed E-state index contributed by atoms with van der Waals surface area (Å²) in [4.78, 5) is 4.38. The zero-order chi connectivity index (χ0) is 17.4. The van der Waals surface area contributed by atoms with E-state index < -0.39 is 0 Å². The summed E-state index contributed by atoms with van der Waals surface area (Å²) in [5.41, 5.74) is 8.79. The molecule has 0 unspecified atom stereocenters. The van der Waals surface area contributed by atoms with E-state index in [1.165, 1.54) is 0 Å². The summed E-state index contributed by atoms with van der Waals surface area (Å²) in [5.74, 6) is 1.65. The molecule has 136 valence electrons. The number of halogens is 1. The average molecular weight is 457 g/mol. The number of anilines is 1. The van der Waals surface area contributed by atoms with Gasteiger partial charge in [0.05, 0.1) is 27.4 Å². The van der Waals surface area contributed by atoms with Crippen molar-refractivity contribution in [1.82, 2.24) is 0 Å². The van der Waals surface area contributed by atoms with Crippen LogP contribution in [0, 0.1) is 0 Å². The van der Waals surface area contributed by atoms with E-state index in [9.17, 15) is 0 Å². The average Bonchev–Trinajstić information content (AvgIpc) is 2.61. The van der Waals surface area contributed by atoms with Gasteiger partial charge in [0.1, 0.15) is 0 Å². The zero-order valence-electron chi connectivity index (χ0n) is 14.6. The van der Waals surface area contributed by atoms with Crippen LogP contribution < -0.4 is 20.5 Å². The molecule has 0 saturated carbocycles. The molecule has 3 N–H and O–H groups in total. The SMILES string of the molecule is COCc1ccccc1NC(N)=NCc1cccc(OC)c1OC.I. The maximum Gasteiger partial charge on any atom is 0.193 e. The minimum absolute atomic E-state index is 0. The molecule has 0 radical (unpaired) electrons. The van der Waals surface area contributed by atoms with Crippen LogP contribution in [0.3, 0.4) is 0 Å². The van der Waals surface area contributed by atoms with Crippen LogP contribution in [0.25, 0.3) is 0 Å². The Morgan fingerprint density at radius 2 is 1.72 bits per heavy atom. The van der Waals surface area contributed by atoms with Gasteiger partial charge in [0.15, 0.2) is 17.5 Å². The highest BCUT2D eigenvalue weighted by molar-refractivity contribution is 14.0. The van der Waals surface area contributed by atoms with Gasteiger partial charge in [-0.3, -0.25) is 0 Å². The Balaban J connectivity index is 0.00000312. The number of rotatable bonds is 7. The number of hydrogen-bond acceptors (Lipinski definition) is 4. The molecule has 2 aromatic carbocycles. The highest BCUT2D eigenvalue weighted by atomic mass is 127. The summed E-state index contributed by atoms with van der Waals surface area (Å²) in [6.45, 7) is 0.881. The summed E-state index contributed by atoms with van der Waals surface area (Å²) in [6, 6.07) is 13.5. The molecule has 0 bridgehead atoms. The Hall–Kier alpha value is -2.00. The van der Waals surface area contributed by atoms with Gasteiger partial charge in [0, 0.05) is 23.9 Å². The lowest BCUT2D eigenvalue weighted by Gasteiger charge is -2.12. The smallest absolute Gasteiger partial charge is 0.193 e. The zero-order valence-corrected chi connectivity index (χ0v) is 16.9. The van der Waals surface area contributed by atoms with Crippen molar-refractivity contribution >= 4 is 35.6 Å². The lowest BCUT2D eigenvalue weighted by atomic mass is 10.2. The Labute approximate surface area is 165 Å². The van der Waals surface area contributed by atoms with Crippen LogP contribution >= 0.6 is 24.0 Å². The molecule has 6 nitrogen and oxygen atoms in total. The van der Waals surface area contributed by atoms with Crippen LogP contribution in [0.5, 0.6) is 11.5 Å². The molecule has 2 aromatic rings. The molecule has 25 heavy (non-hydrogen) atoms. The van der Waals surface area contributed by atoms with Crippen molar-refractivity contribution in [3.05, 3.63) is 53.6 Å². The highest BCUT2D eigenvalue weighted by Crippen LogP contribution is 2.31. The Morgan fingerprint density at radius 3 is 2.40 bits per heavy atom. The van der Waals surface area contributed by atoms with Crippen molar-refractivity contribution in [1.29, 1.82) is 0 Å². The van der Waals surface area contributed by atoms with Crippen LogP contribution in [-0.4, -0.2) is 27.3 Å². The van der Waals surface area contributed by atoms with Gasteiger partial charge in [-0.1, -0.05) is 30.3 Å². The van der Waals surface area contributed by atoms with E-state index in [-0.39, 0.29) is 24.0 Å². The van der Waals surface area contributed by atoms with Gasteiger partial charge < -0.3 is 25.3 Å². The molecule has 0 aliphatic heterocycles. The van der Waals surface area contributed by atoms with Gasteiger partial charge in [0.2, 0.25) is 0 Å². The third-order valence-corrected chi connectivity index (χ3v) is 3.48. The molecule has 0 heterocycles. The number of guanidine groups is 1. The van der Waals surface area contributed by atoms with E-state index in [4.69, 9.17) is 19.9 Å². The fourth-order valence-corrected chi connectivity index (χ4v) is 2.35. The number of para-hydroxylation sites is 2. The number of benzene rings is 2. The molecular weight excluding hydrogens is 433 g/mol. The first-order chi connectivity index (χ1) is 11.7. The molecule has 0 amide bonds. The molecule has 0 saturated heterocycles. The fraction of sp³-hybridized carbons (Fsp3) is 0.278. The van der Waals surface area contributed by atoms with Gasteiger partial charge in [-0.25, -0.2) is 4.99 Å². The monoisotopic (exact) mass is 457 g/mol. The van der Waals surface area contributed by atoms with E-state index in [2.05, 4.69) is 10.3 Å². The van der Waals surface area contributed by atoms with Crippen molar-refractivity contribution in [2.75, 3.05) is 26.6 Å². The van der Waals surface area contributed by atoms with Crippen molar-refractivity contribution in [2.24, 2.45) is 10.7 Å². The largest absolute Gasteiger partial charge is 0.493 e. The number of hydrogen-bond donors (Lipinski definition) is 2. The van der Waals surface area contributed by atoms with E-state index in [1.54, 1.807) is 21.3 Å². The van der Waals surface area contributed by atoms with Gasteiger partial charge in [0.25, 0.3) is 0 Å². The normalized spacial score (nSPS) is 10.8. The molecule has 0 aliphatic rings. The molecule has 0 aromatic heterocycles. The van der Waals surface area contributed by atoms with Crippen LogP contribution in [0.2, 0.25) is 0 Å². The van der Waals surface area contributed by atoms with Gasteiger partial charge in [-0.05, 0) is 12.1 Å². The Morgan fingerprint density at radius 1 is 1.00 bits per heavy atom. The predicted octanol–water partition coefficient (Wildman–Crippen LogP) is 3.40. The summed E-state index contributed by atoms with van der Waals surface area (Å²) >= 11 is 0. The first kappa shape index (κ1) is 21.0. The molecular formula is C18H24IN3O3. The number of nitrogens with two attached hydrogens (primary N) is 1. The fourth-order valence-electron chi connectivity index (χ4n) is 2.35. The van der Waals surface area contributed by atoms with Crippen LogP contribution in [0.15, 0.2) is 47.5 Å². The van der Waals surface area contributed by atoms with Gasteiger partial charge >= 0.3 is 0 Å². The van der Waals surface area contributed by atoms with E-state index >= 15 is 0 Å². The molecule has 0 fully saturated rings. The second-order valence-corrected chi connectivity index (χ2v) is 5.07. The molecule has 0 spiro atoms. The van der Waals surface area contributed by atoms with Crippen molar-refractivity contribution in [3.8, 4) is 11.5 Å². The predicted molar refractivity (Wildman–Crippen MR) is 111 cm³/mol.